The van der Waals surface area contributed by atoms with Crippen LogP contribution in [0.2, 0.25) is 5.02 Å². The molecule has 2 heterocycles. The van der Waals surface area contributed by atoms with Gasteiger partial charge in [0.05, 0.1) is 5.69 Å². The summed E-state index contributed by atoms with van der Waals surface area (Å²) < 4.78 is 1.65. The monoisotopic (exact) mass is 383 g/mol. The van der Waals surface area contributed by atoms with E-state index in [1.807, 2.05) is 18.2 Å². The van der Waals surface area contributed by atoms with Crippen molar-refractivity contribution in [2.75, 3.05) is 39.3 Å². The van der Waals surface area contributed by atoms with E-state index in [0.717, 1.165) is 44.8 Å². The molecular weight excluding hydrogens is 361 g/mol. The van der Waals surface area contributed by atoms with Crippen molar-refractivity contribution in [3.63, 3.8) is 0 Å². The molecule has 8 heteroatoms. The number of carbonyl (C=O) groups excluding carboxylic acids is 1. The van der Waals surface area contributed by atoms with E-state index in [0.29, 0.717) is 17.3 Å². The Hall–Kier alpha value is -1.60. The maximum Gasteiger partial charge on any atom is 0.271 e. The largest absolute Gasteiger partial charge is 0.351 e. The Morgan fingerprint density at radius 1 is 1.28 bits per heavy atom. The lowest BCUT2D eigenvalue weighted by molar-refractivity contribution is 0.0946. The van der Waals surface area contributed by atoms with Gasteiger partial charge in [0.25, 0.3) is 5.91 Å². The fraction of sp³-hybridized carbons (Fsp3) is 0.412. The Labute approximate surface area is 158 Å². The highest BCUT2D eigenvalue weighted by Gasteiger charge is 2.11. The third kappa shape index (κ3) is 5.71. The minimum atomic E-state index is -0.143. The first-order valence-electron chi connectivity index (χ1n) is 8.25. The summed E-state index contributed by atoms with van der Waals surface area (Å²) in [7, 11) is 0. The predicted molar refractivity (Wildman–Crippen MR) is 102 cm³/mol. The van der Waals surface area contributed by atoms with Gasteiger partial charge in [0.2, 0.25) is 0 Å². The van der Waals surface area contributed by atoms with Gasteiger partial charge in [0, 0.05) is 43.9 Å². The lowest BCUT2D eigenvalue weighted by Gasteiger charge is -2.26. The highest BCUT2D eigenvalue weighted by molar-refractivity contribution is 6.30. The molecule has 2 aromatic rings. The van der Waals surface area contributed by atoms with Gasteiger partial charge in [0.15, 0.2) is 5.69 Å². The summed E-state index contributed by atoms with van der Waals surface area (Å²) >= 11 is 5.98. The predicted octanol–water partition coefficient (Wildman–Crippen LogP) is 1.97. The van der Waals surface area contributed by atoms with Crippen LogP contribution >= 0.6 is 24.0 Å². The van der Waals surface area contributed by atoms with E-state index in [1.165, 1.54) is 0 Å². The molecule has 136 valence electrons. The van der Waals surface area contributed by atoms with Crippen molar-refractivity contribution in [3.05, 3.63) is 47.2 Å². The average molecular weight is 384 g/mol. The van der Waals surface area contributed by atoms with Crippen molar-refractivity contribution in [1.29, 1.82) is 0 Å². The first-order chi connectivity index (χ1) is 11.7. The van der Waals surface area contributed by atoms with E-state index in [-0.39, 0.29) is 18.3 Å². The van der Waals surface area contributed by atoms with Crippen LogP contribution in [0, 0.1) is 0 Å². The molecule has 0 radical (unpaired) electrons. The Bertz CT molecular complexity index is 685. The topological polar surface area (TPSA) is 62.2 Å². The minimum absolute atomic E-state index is 0. The number of hydrogen-bond donors (Lipinski definition) is 2. The van der Waals surface area contributed by atoms with Crippen molar-refractivity contribution in [3.8, 4) is 5.69 Å². The van der Waals surface area contributed by atoms with Gasteiger partial charge < -0.3 is 15.5 Å². The zero-order chi connectivity index (χ0) is 16.8. The van der Waals surface area contributed by atoms with Crippen LogP contribution in [0.1, 0.15) is 16.9 Å². The zero-order valence-electron chi connectivity index (χ0n) is 13.9. The number of hydrogen-bond acceptors (Lipinski definition) is 4. The lowest BCUT2D eigenvalue weighted by atomic mass is 10.3. The Kier molecular flexibility index (Phi) is 7.71. The summed E-state index contributed by atoms with van der Waals surface area (Å²) in [5.74, 6) is -0.143. The standard InChI is InChI=1S/C17H22ClN5O.ClH/c18-14-3-1-4-15(13-14)23-10-5-16(21-23)17(24)20-6-2-9-22-11-7-19-8-12-22;/h1,3-5,10,13,19H,2,6-9,11-12H2,(H,20,24);1H. The van der Waals surface area contributed by atoms with Crippen molar-refractivity contribution in [2.45, 2.75) is 6.42 Å². The summed E-state index contributed by atoms with van der Waals surface area (Å²) in [6.07, 6.45) is 2.71. The first kappa shape index (κ1) is 19.7. The highest BCUT2D eigenvalue weighted by atomic mass is 35.5. The van der Waals surface area contributed by atoms with Crippen LogP contribution < -0.4 is 10.6 Å². The van der Waals surface area contributed by atoms with Crippen LogP contribution in [0.3, 0.4) is 0 Å². The van der Waals surface area contributed by atoms with E-state index < -0.39 is 0 Å². The normalized spacial score (nSPS) is 14.8. The molecule has 0 aliphatic carbocycles. The molecule has 1 aromatic carbocycles. The summed E-state index contributed by atoms with van der Waals surface area (Å²) in [4.78, 5) is 14.6. The maximum atomic E-state index is 12.2. The van der Waals surface area contributed by atoms with Gasteiger partial charge >= 0.3 is 0 Å². The van der Waals surface area contributed by atoms with E-state index in [4.69, 9.17) is 11.6 Å². The fourth-order valence-corrected chi connectivity index (χ4v) is 2.92. The molecule has 6 nitrogen and oxygen atoms in total. The third-order valence-electron chi connectivity index (χ3n) is 4.04. The number of piperazine rings is 1. The SMILES string of the molecule is Cl.O=C(NCCCN1CCNCC1)c1ccn(-c2cccc(Cl)c2)n1. The Morgan fingerprint density at radius 2 is 2.08 bits per heavy atom. The number of benzene rings is 1. The number of aromatic nitrogens is 2. The van der Waals surface area contributed by atoms with Crippen LogP contribution in [0.5, 0.6) is 0 Å². The zero-order valence-corrected chi connectivity index (χ0v) is 15.5. The second-order valence-electron chi connectivity index (χ2n) is 5.83. The summed E-state index contributed by atoms with van der Waals surface area (Å²) in [5, 5.41) is 11.2. The van der Waals surface area contributed by atoms with Crippen LogP contribution in [0.4, 0.5) is 0 Å². The fourth-order valence-electron chi connectivity index (χ4n) is 2.74. The van der Waals surface area contributed by atoms with Crippen LogP contribution in [0.25, 0.3) is 5.69 Å². The van der Waals surface area contributed by atoms with Gasteiger partial charge in [-0.15, -0.1) is 12.4 Å². The maximum absolute atomic E-state index is 12.2. The number of rotatable bonds is 6. The molecule has 0 atom stereocenters. The van der Waals surface area contributed by atoms with Crippen molar-refractivity contribution in [1.82, 2.24) is 25.3 Å². The third-order valence-corrected chi connectivity index (χ3v) is 4.28. The summed E-state index contributed by atoms with van der Waals surface area (Å²) in [6, 6.07) is 9.08. The second kappa shape index (κ2) is 9.77. The van der Waals surface area contributed by atoms with Gasteiger partial charge in [-0.25, -0.2) is 4.68 Å². The molecule has 0 spiro atoms. The van der Waals surface area contributed by atoms with Crippen molar-refractivity contribution >= 4 is 29.9 Å². The van der Waals surface area contributed by atoms with Crippen LogP contribution in [-0.2, 0) is 0 Å². The summed E-state index contributed by atoms with van der Waals surface area (Å²) in [5.41, 5.74) is 1.25. The molecule has 0 unspecified atom stereocenters. The molecule has 1 amide bonds. The van der Waals surface area contributed by atoms with E-state index in [2.05, 4.69) is 20.6 Å². The van der Waals surface area contributed by atoms with Crippen LogP contribution in [-0.4, -0.2) is 59.9 Å². The second-order valence-corrected chi connectivity index (χ2v) is 6.26. The minimum Gasteiger partial charge on any atom is -0.351 e. The number of halogens is 2. The number of carbonyl (C=O) groups is 1. The van der Waals surface area contributed by atoms with Crippen molar-refractivity contribution < 1.29 is 4.79 Å². The van der Waals surface area contributed by atoms with Gasteiger partial charge in [0.1, 0.15) is 0 Å². The Morgan fingerprint density at radius 3 is 2.84 bits per heavy atom. The number of nitrogens with one attached hydrogen (secondary N) is 2. The molecule has 1 aliphatic heterocycles. The van der Waals surface area contributed by atoms with E-state index in [1.54, 1.807) is 23.0 Å². The molecule has 1 saturated heterocycles. The summed E-state index contributed by atoms with van der Waals surface area (Å²) in [6.45, 7) is 5.93. The molecule has 25 heavy (non-hydrogen) atoms. The smallest absolute Gasteiger partial charge is 0.271 e. The van der Waals surface area contributed by atoms with Gasteiger partial charge in [-0.1, -0.05) is 17.7 Å². The first-order valence-corrected chi connectivity index (χ1v) is 8.63. The molecule has 1 aromatic heterocycles. The lowest BCUT2D eigenvalue weighted by Crippen LogP contribution is -2.44. The average Bonchev–Trinajstić information content (AvgIpc) is 3.10. The number of amides is 1. The number of nitrogens with zero attached hydrogens (tertiary/aromatic N) is 3. The molecule has 3 rings (SSSR count). The molecule has 2 N–H and O–H groups in total. The van der Waals surface area contributed by atoms with E-state index in [9.17, 15) is 4.79 Å². The molecule has 1 aliphatic rings. The molecule has 1 fully saturated rings. The highest BCUT2D eigenvalue weighted by Crippen LogP contribution is 2.14. The molecule has 0 saturated carbocycles. The van der Waals surface area contributed by atoms with Gasteiger partial charge in [-0.3, -0.25) is 4.79 Å². The van der Waals surface area contributed by atoms with Gasteiger partial charge in [-0.2, -0.15) is 5.10 Å². The van der Waals surface area contributed by atoms with E-state index >= 15 is 0 Å². The Balaban J connectivity index is 0.00000225. The van der Waals surface area contributed by atoms with Gasteiger partial charge in [-0.05, 0) is 37.2 Å². The van der Waals surface area contributed by atoms with Crippen LogP contribution in [0.15, 0.2) is 36.5 Å². The van der Waals surface area contributed by atoms with Crippen molar-refractivity contribution in [2.24, 2.45) is 0 Å². The molecular formula is C17H23Cl2N5O. The quantitative estimate of drug-likeness (QED) is 0.748. The molecule has 0 bridgehead atoms.